The van der Waals surface area contributed by atoms with E-state index in [2.05, 4.69) is 4.98 Å². The average molecular weight is 224 g/mol. The molecule has 0 aromatic carbocycles. The molecule has 6 heteroatoms. The van der Waals surface area contributed by atoms with Crippen molar-refractivity contribution in [2.24, 2.45) is 0 Å². The highest BCUT2D eigenvalue weighted by Gasteiger charge is 2.35. The Morgan fingerprint density at radius 1 is 1.43 bits per heavy atom. The van der Waals surface area contributed by atoms with Crippen LogP contribution in [0.3, 0.4) is 0 Å². The fourth-order valence-corrected chi connectivity index (χ4v) is 1.05. The number of carbonyl (C=O) groups excluding carboxylic acids is 1. The van der Waals surface area contributed by atoms with Gasteiger partial charge in [-0.3, -0.25) is 4.79 Å². The van der Waals surface area contributed by atoms with Crippen LogP contribution in [-0.2, 0) is 6.18 Å². The van der Waals surface area contributed by atoms with Crippen molar-refractivity contribution in [3.05, 3.63) is 28.5 Å². The largest absolute Gasteiger partial charge is 0.434 e. The molecule has 0 saturated heterocycles. The normalized spacial score (nSPS) is 11.5. The minimum atomic E-state index is -4.64. The number of Topliss-reactive ketones (excluding diaryl/α,β-unsaturated/α-hetero) is 1. The lowest BCUT2D eigenvalue weighted by Crippen LogP contribution is -2.11. The molecule has 0 fully saturated rings. The molecule has 1 rings (SSSR count). The summed E-state index contributed by atoms with van der Waals surface area (Å²) in [7, 11) is 0. The molecular weight excluding hydrogens is 219 g/mol. The minimum Gasteiger partial charge on any atom is -0.293 e. The first-order chi connectivity index (χ1) is 6.32. The Morgan fingerprint density at radius 3 is 2.43 bits per heavy atom. The maximum absolute atomic E-state index is 12.2. The Kier molecular flexibility index (Phi) is 2.80. The van der Waals surface area contributed by atoms with Crippen LogP contribution in [0.5, 0.6) is 0 Å². The van der Waals surface area contributed by atoms with Crippen molar-refractivity contribution in [1.29, 1.82) is 0 Å². The summed E-state index contributed by atoms with van der Waals surface area (Å²) in [6, 6.07) is 2.16. The van der Waals surface area contributed by atoms with Gasteiger partial charge in [-0.1, -0.05) is 11.6 Å². The molecule has 0 atom stereocenters. The number of pyridine rings is 1. The summed E-state index contributed by atoms with van der Waals surface area (Å²) in [5.74, 6) is -0.535. The van der Waals surface area contributed by atoms with Crippen molar-refractivity contribution in [2.45, 2.75) is 13.1 Å². The van der Waals surface area contributed by atoms with Gasteiger partial charge in [0.2, 0.25) is 0 Å². The topological polar surface area (TPSA) is 30.0 Å². The number of hydrogen-bond acceptors (Lipinski definition) is 2. The van der Waals surface area contributed by atoms with E-state index in [9.17, 15) is 18.0 Å². The fraction of sp³-hybridized carbons (Fsp3) is 0.250. The number of carbonyl (C=O) groups is 1. The Hall–Kier alpha value is -1.10. The second-order valence-electron chi connectivity index (χ2n) is 2.58. The van der Waals surface area contributed by atoms with E-state index in [4.69, 9.17) is 11.6 Å². The van der Waals surface area contributed by atoms with Crippen LogP contribution in [0.1, 0.15) is 23.1 Å². The Bertz CT molecular complexity index is 375. The van der Waals surface area contributed by atoms with Gasteiger partial charge in [0, 0.05) is 6.92 Å². The highest BCUT2D eigenvalue weighted by molar-refractivity contribution is 6.31. The molecule has 0 aliphatic carbocycles. The lowest BCUT2D eigenvalue weighted by Gasteiger charge is -2.08. The van der Waals surface area contributed by atoms with Gasteiger partial charge in [0.25, 0.3) is 0 Å². The summed E-state index contributed by atoms with van der Waals surface area (Å²) >= 11 is 5.29. The zero-order chi connectivity index (χ0) is 10.9. The van der Waals surface area contributed by atoms with Gasteiger partial charge in [-0.25, -0.2) is 4.98 Å². The lowest BCUT2D eigenvalue weighted by atomic mass is 10.2. The van der Waals surface area contributed by atoms with E-state index < -0.39 is 22.7 Å². The number of rotatable bonds is 1. The molecule has 0 radical (unpaired) electrons. The molecule has 0 saturated carbocycles. The second kappa shape index (κ2) is 3.57. The smallest absolute Gasteiger partial charge is 0.293 e. The molecule has 1 heterocycles. The third kappa shape index (κ3) is 2.23. The molecule has 2 nitrogen and oxygen atoms in total. The molecule has 0 spiro atoms. The number of ketones is 1. The number of halogens is 4. The molecule has 76 valence electrons. The van der Waals surface area contributed by atoms with Crippen molar-refractivity contribution in [3.8, 4) is 0 Å². The molecule has 0 bridgehead atoms. The van der Waals surface area contributed by atoms with Gasteiger partial charge in [0.05, 0.1) is 5.02 Å². The summed E-state index contributed by atoms with van der Waals surface area (Å²) in [6.45, 7) is 1.14. The first kappa shape index (κ1) is 11.0. The third-order valence-corrected chi connectivity index (χ3v) is 1.78. The zero-order valence-corrected chi connectivity index (χ0v) is 7.78. The van der Waals surface area contributed by atoms with Crippen LogP contribution in [-0.4, -0.2) is 10.8 Å². The fourth-order valence-electron chi connectivity index (χ4n) is 0.837. The van der Waals surface area contributed by atoms with Crippen LogP contribution in [0, 0.1) is 0 Å². The SMILES string of the molecule is CC(=O)c1ccc(Cl)c(C(F)(F)F)n1. The highest BCUT2D eigenvalue weighted by Crippen LogP contribution is 2.32. The van der Waals surface area contributed by atoms with E-state index in [-0.39, 0.29) is 5.69 Å². The summed E-state index contributed by atoms with van der Waals surface area (Å²) in [5.41, 5.74) is -1.48. The van der Waals surface area contributed by atoms with Gasteiger partial charge in [0.15, 0.2) is 11.5 Å². The molecule has 1 aromatic rings. The van der Waals surface area contributed by atoms with E-state index in [1.165, 1.54) is 0 Å². The summed E-state index contributed by atoms with van der Waals surface area (Å²) < 4.78 is 36.7. The third-order valence-electron chi connectivity index (χ3n) is 1.48. The number of hydrogen-bond donors (Lipinski definition) is 0. The maximum Gasteiger partial charge on any atom is 0.434 e. The van der Waals surface area contributed by atoms with Crippen LogP contribution >= 0.6 is 11.6 Å². The van der Waals surface area contributed by atoms with Gasteiger partial charge in [-0.15, -0.1) is 0 Å². The molecule has 14 heavy (non-hydrogen) atoms. The number of aromatic nitrogens is 1. The molecule has 0 aliphatic rings. The summed E-state index contributed by atoms with van der Waals surface area (Å²) in [4.78, 5) is 13.9. The molecule has 0 unspecified atom stereocenters. The number of nitrogens with zero attached hydrogens (tertiary/aromatic N) is 1. The van der Waals surface area contributed by atoms with E-state index in [0.29, 0.717) is 0 Å². The monoisotopic (exact) mass is 223 g/mol. The lowest BCUT2D eigenvalue weighted by molar-refractivity contribution is -0.141. The van der Waals surface area contributed by atoms with Gasteiger partial charge < -0.3 is 0 Å². The van der Waals surface area contributed by atoms with Crippen molar-refractivity contribution >= 4 is 17.4 Å². The number of alkyl halides is 3. The van der Waals surface area contributed by atoms with E-state index in [1.807, 2.05) is 0 Å². The van der Waals surface area contributed by atoms with Gasteiger partial charge in [-0.2, -0.15) is 13.2 Å². The van der Waals surface area contributed by atoms with Crippen LogP contribution < -0.4 is 0 Å². The zero-order valence-electron chi connectivity index (χ0n) is 7.02. The second-order valence-corrected chi connectivity index (χ2v) is 2.99. The quantitative estimate of drug-likeness (QED) is 0.685. The summed E-state index contributed by atoms with van der Waals surface area (Å²) in [6.07, 6.45) is -4.64. The highest BCUT2D eigenvalue weighted by atomic mass is 35.5. The van der Waals surface area contributed by atoms with Crippen molar-refractivity contribution in [2.75, 3.05) is 0 Å². The summed E-state index contributed by atoms with van der Waals surface area (Å²) in [5, 5.41) is -0.512. The minimum absolute atomic E-state index is 0.248. The van der Waals surface area contributed by atoms with Crippen molar-refractivity contribution in [1.82, 2.24) is 4.98 Å². The Morgan fingerprint density at radius 2 is 2.00 bits per heavy atom. The van der Waals surface area contributed by atoms with Gasteiger partial charge in [-0.05, 0) is 12.1 Å². The molecule has 0 amide bonds. The van der Waals surface area contributed by atoms with E-state index in [1.54, 1.807) is 0 Å². The first-order valence-electron chi connectivity index (χ1n) is 3.57. The van der Waals surface area contributed by atoms with Gasteiger partial charge >= 0.3 is 6.18 Å². The average Bonchev–Trinajstić information content (AvgIpc) is 2.02. The Labute approximate surface area is 82.7 Å². The van der Waals surface area contributed by atoms with E-state index in [0.717, 1.165) is 19.1 Å². The Balaban J connectivity index is 3.29. The van der Waals surface area contributed by atoms with E-state index >= 15 is 0 Å². The van der Waals surface area contributed by atoms with Gasteiger partial charge in [0.1, 0.15) is 5.69 Å². The molecule has 1 aromatic heterocycles. The first-order valence-corrected chi connectivity index (χ1v) is 3.95. The molecular formula is C8H5ClF3NO. The molecule has 0 aliphatic heterocycles. The van der Waals surface area contributed by atoms with Crippen LogP contribution in [0.2, 0.25) is 5.02 Å². The molecule has 0 N–H and O–H groups in total. The predicted octanol–water partition coefficient (Wildman–Crippen LogP) is 2.96. The predicted molar refractivity (Wildman–Crippen MR) is 44.3 cm³/mol. The maximum atomic E-state index is 12.2. The van der Waals surface area contributed by atoms with Crippen LogP contribution in [0.4, 0.5) is 13.2 Å². The van der Waals surface area contributed by atoms with Crippen molar-refractivity contribution in [3.63, 3.8) is 0 Å². The van der Waals surface area contributed by atoms with Crippen LogP contribution in [0.25, 0.3) is 0 Å². The standard InChI is InChI=1S/C8H5ClF3NO/c1-4(14)6-3-2-5(9)7(13-6)8(10,11)12/h2-3H,1H3. The van der Waals surface area contributed by atoms with Crippen LogP contribution in [0.15, 0.2) is 12.1 Å². The van der Waals surface area contributed by atoms with Crippen molar-refractivity contribution < 1.29 is 18.0 Å².